The number of nitrogens with one attached hydrogen (secondary N) is 2. The van der Waals surface area contributed by atoms with Gasteiger partial charge >= 0.3 is 0 Å². The van der Waals surface area contributed by atoms with Crippen molar-refractivity contribution < 1.29 is 14.4 Å². The number of fused-ring (bicyclic) bond motifs is 1. The van der Waals surface area contributed by atoms with Gasteiger partial charge in [0.25, 0.3) is 5.91 Å². The Balaban J connectivity index is 1.35. The second-order valence-electron chi connectivity index (χ2n) is 13.0. The molecule has 1 aliphatic heterocycles. The SMILES string of the molecule is CC(C)[C@@H](C)NCc1cccc(C(=O)Nc2nc3cc(N(C)C(=O)CC4CCCC4)ccc3n2CCCN2CCCC2=O)c1. The highest BCUT2D eigenvalue weighted by atomic mass is 16.2. The van der Waals surface area contributed by atoms with Crippen molar-refractivity contribution >= 4 is 40.4 Å². The average Bonchev–Trinajstić information content (AvgIpc) is 3.76. The van der Waals surface area contributed by atoms with Crippen molar-refractivity contribution in [2.75, 3.05) is 30.4 Å². The van der Waals surface area contributed by atoms with E-state index >= 15 is 0 Å². The van der Waals surface area contributed by atoms with Gasteiger partial charge in [0.15, 0.2) is 0 Å². The molecule has 236 valence electrons. The first-order chi connectivity index (χ1) is 21.2. The van der Waals surface area contributed by atoms with Gasteiger partial charge in [0, 0.05) is 63.4 Å². The lowest BCUT2D eigenvalue weighted by atomic mass is 10.0. The molecule has 2 N–H and O–H groups in total. The van der Waals surface area contributed by atoms with Gasteiger partial charge < -0.3 is 19.7 Å². The number of imidazole rings is 1. The minimum atomic E-state index is -0.223. The van der Waals surface area contributed by atoms with E-state index in [0.717, 1.165) is 54.5 Å². The minimum Gasteiger partial charge on any atom is -0.343 e. The largest absolute Gasteiger partial charge is 0.343 e. The molecule has 1 atom stereocenters. The van der Waals surface area contributed by atoms with E-state index in [1.165, 1.54) is 12.8 Å². The van der Waals surface area contributed by atoms with Gasteiger partial charge in [-0.3, -0.25) is 19.7 Å². The number of anilines is 2. The molecule has 0 radical (unpaired) electrons. The zero-order valence-corrected chi connectivity index (χ0v) is 26.8. The van der Waals surface area contributed by atoms with Crippen molar-refractivity contribution in [3.05, 3.63) is 53.6 Å². The van der Waals surface area contributed by atoms with Crippen LogP contribution in [0.5, 0.6) is 0 Å². The molecular formula is C35H48N6O3. The lowest BCUT2D eigenvalue weighted by Gasteiger charge is -2.19. The monoisotopic (exact) mass is 600 g/mol. The summed E-state index contributed by atoms with van der Waals surface area (Å²) in [5, 5.41) is 6.59. The molecule has 0 spiro atoms. The number of carbonyl (C=O) groups is 3. The second kappa shape index (κ2) is 14.4. The Labute approximate surface area is 261 Å². The number of hydrogen-bond acceptors (Lipinski definition) is 5. The molecule has 9 heteroatoms. The van der Waals surface area contributed by atoms with Gasteiger partial charge in [-0.2, -0.15) is 0 Å². The summed E-state index contributed by atoms with van der Waals surface area (Å²) >= 11 is 0. The molecule has 2 heterocycles. The minimum absolute atomic E-state index is 0.122. The van der Waals surface area contributed by atoms with E-state index in [1.54, 1.807) is 4.90 Å². The summed E-state index contributed by atoms with van der Waals surface area (Å²) in [5.74, 6) is 1.57. The van der Waals surface area contributed by atoms with Crippen molar-refractivity contribution in [1.29, 1.82) is 0 Å². The van der Waals surface area contributed by atoms with Crippen LogP contribution in [0.2, 0.25) is 0 Å². The molecule has 1 aromatic heterocycles. The zero-order valence-electron chi connectivity index (χ0n) is 26.8. The Kier molecular flexibility index (Phi) is 10.4. The Hall–Kier alpha value is -3.72. The number of amides is 3. The summed E-state index contributed by atoms with van der Waals surface area (Å²) < 4.78 is 2.02. The number of carbonyl (C=O) groups excluding carboxylic acids is 3. The van der Waals surface area contributed by atoms with E-state index in [1.807, 2.05) is 59.0 Å². The van der Waals surface area contributed by atoms with Crippen LogP contribution in [-0.2, 0) is 22.7 Å². The maximum absolute atomic E-state index is 13.5. The van der Waals surface area contributed by atoms with E-state index in [2.05, 4.69) is 31.4 Å². The molecule has 44 heavy (non-hydrogen) atoms. The van der Waals surface area contributed by atoms with E-state index in [0.29, 0.717) is 61.9 Å². The summed E-state index contributed by atoms with van der Waals surface area (Å²) in [6.45, 7) is 9.30. The summed E-state index contributed by atoms with van der Waals surface area (Å²) in [6.07, 6.45) is 7.54. The van der Waals surface area contributed by atoms with Crippen molar-refractivity contribution in [3.63, 3.8) is 0 Å². The number of aromatic nitrogens is 2. The highest BCUT2D eigenvalue weighted by Crippen LogP contribution is 2.30. The Morgan fingerprint density at radius 1 is 1.05 bits per heavy atom. The van der Waals surface area contributed by atoms with Gasteiger partial charge in [0.05, 0.1) is 11.0 Å². The third-order valence-corrected chi connectivity index (χ3v) is 9.46. The van der Waals surface area contributed by atoms with Gasteiger partial charge in [-0.1, -0.05) is 38.8 Å². The van der Waals surface area contributed by atoms with Crippen LogP contribution in [0, 0.1) is 11.8 Å². The number of nitrogens with zero attached hydrogens (tertiary/aromatic N) is 4. The third kappa shape index (κ3) is 7.67. The number of aryl methyl sites for hydroxylation is 1. The molecule has 2 aliphatic rings. The molecule has 3 amide bonds. The van der Waals surface area contributed by atoms with Crippen LogP contribution in [0.25, 0.3) is 11.0 Å². The first kappa shape index (κ1) is 31.7. The smallest absolute Gasteiger partial charge is 0.257 e. The van der Waals surface area contributed by atoms with Crippen molar-refractivity contribution in [1.82, 2.24) is 19.8 Å². The van der Waals surface area contributed by atoms with Crippen LogP contribution in [0.4, 0.5) is 11.6 Å². The average molecular weight is 601 g/mol. The van der Waals surface area contributed by atoms with Crippen LogP contribution in [0.3, 0.4) is 0 Å². The first-order valence-electron chi connectivity index (χ1n) is 16.4. The predicted molar refractivity (Wildman–Crippen MR) is 176 cm³/mol. The maximum Gasteiger partial charge on any atom is 0.257 e. The molecule has 2 aromatic carbocycles. The Morgan fingerprint density at radius 2 is 1.84 bits per heavy atom. The fourth-order valence-corrected chi connectivity index (χ4v) is 6.26. The lowest BCUT2D eigenvalue weighted by Crippen LogP contribution is -2.30. The molecule has 0 unspecified atom stereocenters. The molecule has 1 saturated heterocycles. The van der Waals surface area contributed by atoms with Gasteiger partial charge in [-0.15, -0.1) is 0 Å². The maximum atomic E-state index is 13.5. The van der Waals surface area contributed by atoms with Crippen LogP contribution in [0.1, 0.15) is 88.1 Å². The first-order valence-corrected chi connectivity index (χ1v) is 16.4. The Bertz CT molecular complexity index is 1470. The van der Waals surface area contributed by atoms with Crippen LogP contribution in [0.15, 0.2) is 42.5 Å². The fraction of sp³-hybridized carbons (Fsp3) is 0.543. The molecular weight excluding hydrogens is 552 g/mol. The van der Waals surface area contributed by atoms with Gasteiger partial charge in [0.2, 0.25) is 17.8 Å². The zero-order chi connectivity index (χ0) is 31.2. The number of benzene rings is 2. The molecule has 9 nitrogen and oxygen atoms in total. The van der Waals surface area contributed by atoms with Gasteiger partial charge in [-0.05, 0) is 80.3 Å². The fourth-order valence-electron chi connectivity index (χ4n) is 6.26. The van der Waals surface area contributed by atoms with E-state index in [9.17, 15) is 14.4 Å². The lowest BCUT2D eigenvalue weighted by molar-refractivity contribution is -0.127. The molecule has 1 aliphatic carbocycles. The highest BCUT2D eigenvalue weighted by molar-refractivity contribution is 6.04. The molecule has 2 fully saturated rings. The molecule has 1 saturated carbocycles. The standard InChI is InChI=1S/C35H48N6O3/c1-24(2)25(3)36-23-27-12-7-13-28(20-27)34(44)38-35-37-30-22-29(39(4)33(43)21-26-10-5-6-11-26)15-16-31(30)41(35)19-9-18-40-17-8-14-32(40)42/h7,12-13,15-16,20,22,24-26,36H,5-6,8-11,14,17-19,21,23H2,1-4H3,(H,37,38,44)/t25-/m1/s1. The highest BCUT2D eigenvalue weighted by Gasteiger charge is 2.23. The quantitative estimate of drug-likeness (QED) is 0.252. The van der Waals surface area contributed by atoms with Crippen LogP contribution < -0.4 is 15.5 Å². The van der Waals surface area contributed by atoms with Gasteiger partial charge in [-0.25, -0.2) is 4.98 Å². The van der Waals surface area contributed by atoms with Crippen molar-refractivity contribution in [2.24, 2.45) is 11.8 Å². The third-order valence-electron chi connectivity index (χ3n) is 9.46. The van der Waals surface area contributed by atoms with Crippen molar-refractivity contribution in [2.45, 2.75) is 91.3 Å². The topological polar surface area (TPSA) is 99.6 Å². The second-order valence-corrected chi connectivity index (χ2v) is 13.0. The number of rotatable bonds is 13. The van der Waals surface area contributed by atoms with Crippen LogP contribution in [-0.4, -0.2) is 58.4 Å². The summed E-state index contributed by atoms with van der Waals surface area (Å²) in [7, 11) is 1.83. The summed E-state index contributed by atoms with van der Waals surface area (Å²) in [5.41, 5.74) is 4.01. The Morgan fingerprint density at radius 3 is 2.57 bits per heavy atom. The van der Waals surface area contributed by atoms with E-state index < -0.39 is 0 Å². The molecule has 3 aromatic rings. The van der Waals surface area contributed by atoms with Crippen molar-refractivity contribution in [3.8, 4) is 0 Å². The van der Waals surface area contributed by atoms with Gasteiger partial charge in [0.1, 0.15) is 0 Å². The molecule has 0 bridgehead atoms. The summed E-state index contributed by atoms with van der Waals surface area (Å²) in [4.78, 5) is 47.2. The number of likely N-dealkylation sites (tertiary alicyclic amines) is 1. The normalized spacial score (nSPS) is 16.3. The van der Waals surface area contributed by atoms with E-state index in [4.69, 9.17) is 4.98 Å². The summed E-state index contributed by atoms with van der Waals surface area (Å²) in [6, 6.07) is 13.9. The number of hydrogen-bond donors (Lipinski definition) is 2. The van der Waals surface area contributed by atoms with E-state index in [-0.39, 0.29) is 17.7 Å². The molecule has 5 rings (SSSR count). The predicted octanol–water partition coefficient (Wildman–Crippen LogP) is 5.98. The van der Waals surface area contributed by atoms with Crippen LogP contribution >= 0.6 is 0 Å².